The van der Waals surface area contributed by atoms with E-state index in [1.54, 1.807) is 14.2 Å². The van der Waals surface area contributed by atoms with Crippen LogP contribution < -0.4 is 14.8 Å². The molecule has 5 heteroatoms. The second kappa shape index (κ2) is 8.02. The van der Waals surface area contributed by atoms with Crippen LogP contribution in [0.2, 0.25) is 0 Å². The first-order chi connectivity index (χ1) is 11.4. The standard InChI is InChI=1S/C19H24N2O2S/c1-13-7-6-8-16(9-13)20-19(24)21(3)12-15-11-18(23-5)17(22-4)10-14(15)2/h6-11H,12H2,1-5H3,(H,20,24). The van der Waals surface area contributed by atoms with Gasteiger partial charge in [0.05, 0.1) is 14.2 Å². The fourth-order valence-corrected chi connectivity index (χ4v) is 2.64. The summed E-state index contributed by atoms with van der Waals surface area (Å²) in [5.41, 5.74) is 4.47. The normalized spacial score (nSPS) is 10.2. The quantitative estimate of drug-likeness (QED) is 0.824. The molecule has 0 saturated carbocycles. The predicted octanol–water partition coefficient (Wildman–Crippen LogP) is 4.15. The number of thiocarbonyl (C=S) groups is 1. The van der Waals surface area contributed by atoms with Crippen molar-refractivity contribution in [3.8, 4) is 11.5 Å². The Morgan fingerprint density at radius 2 is 1.75 bits per heavy atom. The Hall–Kier alpha value is -2.27. The van der Waals surface area contributed by atoms with Crippen molar-refractivity contribution in [1.29, 1.82) is 0 Å². The van der Waals surface area contributed by atoms with Gasteiger partial charge in [0.2, 0.25) is 0 Å². The van der Waals surface area contributed by atoms with Gasteiger partial charge in [0.15, 0.2) is 16.6 Å². The number of rotatable bonds is 5. The maximum atomic E-state index is 5.51. The molecule has 0 aliphatic heterocycles. The van der Waals surface area contributed by atoms with Crippen molar-refractivity contribution in [3.05, 3.63) is 53.1 Å². The summed E-state index contributed by atoms with van der Waals surface area (Å²) >= 11 is 5.51. The third kappa shape index (κ3) is 4.38. The Bertz CT molecular complexity index is 731. The van der Waals surface area contributed by atoms with Gasteiger partial charge in [-0.3, -0.25) is 0 Å². The molecule has 4 nitrogen and oxygen atoms in total. The van der Waals surface area contributed by atoms with Crippen LogP contribution in [0.1, 0.15) is 16.7 Å². The van der Waals surface area contributed by atoms with Gasteiger partial charge in [-0.1, -0.05) is 12.1 Å². The van der Waals surface area contributed by atoms with E-state index in [0.29, 0.717) is 11.7 Å². The molecule has 0 amide bonds. The van der Waals surface area contributed by atoms with Crippen LogP contribution in [0, 0.1) is 13.8 Å². The molecular weight excluding hydrogens is 320 g/mol. The predicted molar refractivity (Wildman–Crippen MR) is 103 cm³/mol. The molecule has 0 unspecified atom stereocenters. The van der Waals surface area contributed by atoms with Crippen LogP contribution in [-0.4, -0.2) is 31.3 Å². The average Bonchev–Trinajstić information content (AvgIpc) is 2.56. The summed E-state index contributed by atoms with van der Waals surface area (Å²) in [5, 5.41) is 3.95. The summed E-state index contributed by atoms with van der Waals surface area (Å²) in [6.07, 6.45) is 0. The lowest BCUT2D eigenvalue weighted by Crippen LogP contribution is -2.30. The highest BCUT2D eigenvalue weighted by atomic mass is 32.1. The highest BCUT2D eigenvalue weighted by Gasteiger charge is 2.12. The zero-order valence-electron chi connectivity index (χ0n) is 14.8. The fourth-order valence-electron chi connectivity index (χ4n) is 2.46. The Labute approximate surface area is 149 Å². The van der Waals surface area contributed by atoms with Gasteiger partial charge in [-0.2, -0.15) is 0 Å². The maximum absolute atomic E-state index is 5.51. The van der Waals surface area contributed by atoms with E-state index in [9.17, 15) is 0 Å². The third-order valence-corrected chi connectivity index (χ3v) is 4.28. The topological polar surface area (TPSA) is 33.7 Å². The highest BCUT2D eigenvalue weighted by Crippen LogP contribution is 2.30. The number of nitrogens with one attached hydrogen (secondary N) is 1. The van der Waals surface area contributed by atoms with Gasteiger partial charge in [-0.05, 0) is 67.0 Å². The van der Waals surface area contributed by atoms with E-state index in [2.05, 4.69) is 31.3 Å². The maximum Gasteiger partial charge on any atom is 0.173 e. The van der Waals surface area contributed by atoms with E-state index < -0.39 is 0 Å². The molecule has 24 heavy (non-hydrogen) atoms. The van der Waals surface area contributed by atoms with Crippen molar-refractivity contribution in [1.82, 2.24) is 4.90 Å². The second-order valence-corrected chi connectivity index (χ2v) is 6.18. The zero-order valence-corrected chi connectivity index (χ0v) is 15.7. The second-order valence-electron chi connectivity index (χ2n) is 5.79. The molecule has 128 valence electrons. The van der Waals surface area contributed by atoms with Gasteiger partial charge in [-0.15, -0.1) is 0 Å². The molecule has 0 aromatic heterocycles. The van der Waals surface area contributed by atoms with Crippen molar-refractivity contribution >= 4 is 23.0 Å². The molecule has 0 aliphatic rings. The van der Waals surface area contributed by atoms with Crippen LogP contribution in [0.3, 0.4) is 0 Å². The number of hydrogen-bond acceptors (Lipinski definition) is 3. The molecule has 0 bridgehead atoms. The Morgan fingerprint density at radius 3 is 2.38 bits per heavy atom. The monoisotopic (exact) mass is 344 g/mol. The van der Waals surface area contributed by atoms with E-state index in [-0.39, 0.29) is 0 Å². The molecule has 0 spiro atoms. The summed E-state index contributed by atoms with van der Waals surface area (Å²) < 4.78 is 10.7. The van der Waals surface area contributed by atoms with Gasteiger partial charge in [0, 0.05) is 19.3 Å². The number of ether oxygens (including phenoxy) is 2. The third-order valence-electron chi connectivity index (χ3n) is 3.87. The molecule has 0 heterocycles. The van der Waals surface area contributed by atoms with Crippen LogP contribution in [-0.2, 0) is 6.54 Å². The zero-order chi connectivity index (χ0) is 17.7. The molecule has 1 N–H and O–H groups in total. The Kier molecular flexibility index (Phi) is 6.04. The molecule has 2 aromatic rings. The molecule has 0 radical (unpaired) electrons. The number of benzene rings is 2. The first-order valence-electron chi connectivity index (χ1n) is 7.75. The van der Waals surface area contributed by atoms with Gasteiger partial charge >= 0.3 is 0 Å². The lowest BCUT2D eigenvalue weighted by molar-refractivity contribution is 0.353. The van der Waals surface area contributed by atoms with E-state index in [1.165, 1.54) is 5.56 Å². The van der Waals surface area contributed by atoms with Crippen LogP contribution in [0.4, 0.5) is 5.69 Å². The summed E-state index contributed by atoms with van der Waals surface area (Å²) in [7, 11) is 5.26. The van der Waals surface area contributed by atoms with Crippen molar-refractivity contribution in [3.63, 3.8) is 0 Å². The molecule has 2 rings (SSSR count). The smallest absolute Gasteiger partial charge is 0.173 e. The number of hydrogen-bond donors (Lipinski definition) is 1. The number of methoxy groups -OCH3 is 2. The Balaban J connectivity index is 2.11. The molecule has 2 aromatic carbocycles. The summed E-state index contributed by atoms with van der Waals surface area (Å²) in [6, 6.07) is 12.1. The van der Waals surface area contributed by atoms with Gasteiger partial charge in [-0.25, -0.2) is 0 Å². The molecular formula is C19H24N2O2S. The van der Waals surface area contributed by atoms with Gasteiger partial charge in [0.25, 0.3) is 0 Å². The largest absolute Gasteiger partial charge is 0.493 e. The summed E-state index contributed by atoms with van der Waals surface area (Å²) in [6.45, 7) is 4.80. The van der Waals surface area contributed by atoms with Crippen LogP contribution >= 0.6 is 12.2 Å². The van der Waals surface area contributed by atoms with Gasteiger partial charge in [0.1, 0.15) is 0 Å². The van der Waals surface area contributed by atoms with Crippen LogP contribution in [0.25, 0.3) is 0 Å². The lowest BCUT2D eigenvalue weighted by Gasteiger charge is -2.23. The van der Waals surface area contributed by atoms with E-state index in [0.717, 1.165) is 28.3 Å². The van der Waals surface area contributed by atoms with E-state index in [4.69, 9.17) is 21.7 Å². The van der Waals surface area contributed by atoms with Crippen molar-refractivity contribution < 1.29 is 9.47 Å². The molecule has 0 fully saturated rings. The van der Waals surface area contributed by atoms with Crippen LogP contribution in [0.5, 0.6) is 11.5 Å². The van der Waals surface area contributed by atoms with Crippen molar-refractivity contribution in [2.24, 2.45) is 0 Å². The van der Waals surface area contributed by atoms with E-state index in [1.807, 2.05) is 36.2 Å². The van der Waals surface area contributed by atoms with Gasteiger partial charge < -0.3 is 19.7 Å². The highest BCUT2D eigenvalue weighted by molar-refractivity contribution is 7.80. The number of aryl methyl sites for hydroxylation is 2. The fraction of sp³-hybridized carbons (Fsp3) is 0.316. The minimum atomic E-state index is 0.676. The number of anilines is 1. The molecule has 0 atom stereocenters. The molecule has 0 saturated heterocycles. The SMILES string of the molecule is COc1cc(C)c(CN(C)C(=S)Nc2cccc(C)c2)cc1OC. The van der Waals surface area contributed by atoms with E-state index >= 15 is 0 Å². The first-order valence-corrected chi connectivity index (χ1v) is 8.15. The summed E-state index contributed by atoms with van der Waals surface area (Å²) in [4.78, 5) is 2.01. The first kappa shape index (κ1) is 18.1. The molecule has 0 aliphatic carbocycles. The van der Waals surface area contributed by atoms with Crippen molar-refractivity contribution in [2.45, 2.75) is 20.4 Å². The van der Waals surface area contributed by atoms with Crippen molar-refractivity contribution in [2.75, 3.05) is 26.6 Å². The minimum absolute atomic E-state index is 0.676. The minimum Gasteiger partial charge on any atom is -0.493 e. The summed E-state index contributed by atoms with van der Waals surface area (Å²) in [5.74, 6) is 1.46. The lowest BCUT2D eigenvalue weighted by atomic mass is 10.1. The number of nitrogens with zero attached hydrogens (tertiary/aromatic N) is 1. The average molecular weight is 344 g/mol. The van der Waals surface area contributed by atoms with Crippen LogP contribution in [0.15, 0.2) is 36.4 Å². The Morgan fingerprint density at radius 1 is 1.08 bits per heavy atom.